The van der Waals surface area contributed by atoms with Crippen molar-refractivity contribution in [2.75, 3.05) is 0 Å². The minimum atomic E-state index is -0.119. The highest BCUT2D eigenvalue weighted by molar-refractivity contribution is 5.82. The summed E-state index contributed by atoms with van der Waals surface area (Å²) in [4.78, 5) is 0. The standard InChI is InChI=1S/C21H23FN/c1-13(2)21-16-8-10-20(17-12-14(3)6-7-15(17)4)23(5)19(16)11-9-18(21)22/h6-13H,1-5H3/q+1. The Balaban J connectivity index is 2.32. The van der Waals surface area contributed by atoms with Gasteiger partial charge in [-0.2, -0.15) is 4.57 Å². The number of halogens is 1. The number of fused-ring (bicyclic) bond motifs is 1. The SMILES string of the molecule is Cc1ccc(C)c(-c2ccc3c(C(C)C)c(F)ccc3[n+]2C)c1. The summed E-state index contributed by atoms with van der Waals surface area (Å²) in [6, 6.07) is 14.1. The quantitative estimate of drug-likeness (QED) is 0.572. The van der Waals surface area contributed by atoms with Crippen LogP contribution >= 0.6 is 0 Å². The van der Waals surface area contributed by atoms with Gasteiger partial charge in [0.1, 0.15) is 12.9 Å². The molecule has 0 bridgehead atoms. The van der Waals surface area contributed by atoms with Crippen molar-refractivity contribution in [3.63, 3.8) is 0 Å². The first-order valence-electron chi connectivity index (χ1n) is 8.09. The van der Waals surface area contributed by atoms with Crippen LogP contribution in [-0.2, 0) is 7.05 Å². The van der Waals surface area contributed by atoms with E-state index in [1.54, 1.807) is 6.07 Å². The molecule has 0 radical (unpaired) electrons. The van der Waals surface area contributed by atoms with Gasteiger partial charge >= 0.3 is 0 Å². The molecule has 0 aliphatic carbocycles. The van der Waals surface area contributed by atoms with Gasteiger partial charge in [0.15, 0.2) is 0 Å². The van der Waals surface area contributed by atoms with Gasteiger partial charge in [-0.05, 0) is 43.5 Å². The fourth-order valence-corrected chi connectivity index (χ4v) is 3.34. The molecule has 0 fully saturated rings. The zero-order chi connectivity index (χ0) is 16.7. The number of hydrogen-bond donors (Lipinski definition) is 0. The maximum atomic E-state index is 14.2. The van der Waals surface area contributed by atoms with Gasteiger partial charge in [0.25, 0.3) is 0 Å². The van der Waals surface area contributed by atoms with Crippen molar-refractivity contribution in [2.45, 2.75) is 33.6 Å². The first kappa shape index (κ1) is 15.7. The van der Waals surface area contributed by atoms with E-state index in [0.29, 0.717) is 0 Å². The number of rotatable bonds is 2. The van der Waals surface area contributed by atoms with E-state index in [-0.39, 0.29) is 11.7 Å². The molecule has 0 amide bonds. The molecule has 2 aromatic carbocycles. The average Bonchev–Trinajstić information content (AvgIpc) is 2.50. The summed E-state index contributed by atoms with van der Waals surface area (Å²) in [7, 11) is 2.06. The number of aryl methyl sites for hydroxylation is 3. The van der Waals surface area contributed by atoms with Gasteiger partial charge in [0.05, 0.1) is 5.39 Å². The van der Waals surface area contributed by atoms with Crippen molar-refractivity contribution < 1.29 is 8.96 Å². The van der Waals surface area contributed by atoms with Crippen molar-refractivity contribution in [3.8, 4) is 11.3 Å². The summed E-state index contributed by atoms with van der Waals surface area (Å²) in [5, 5.41) is 0.997. The highest BCUT2D eigenvalue weighted by Gasteiger charge is 2.20. The molecule has 1 nitrogen and oxygen atoms in total. The molecule has 0 saturated carbocycles. The van der Waals surface area contributed by atoms with Gasteiger partial charge in [-0.15, -0.1) is 0 Å². The summed E-state index contributed by atoms with van der Waals surface area (Å²) in [6.07, 6.45) is 0. The predicted molar refractivity (Wildman–Crippen MR) is 94.1 cm³/mol. The van der Waals surface area contributed by atoms with Crippen molar-refractivity contribution in [1.82, 2.24) is 0 Å². The zero-order valence-corrected chi connectivity index (χ0v) is 14.4. The second kappa shape index (κ2) is 5.77. The van der Waals surface area contributed by atoms with E-state index in [0.717, 1.165) is 22.2 Å². The second-order valence-corrected chi connectivity index (χ2v) is 6.64. The molecule has 23 heavy (non-hydrogen) atoms. The lowest BCUT2D eigenvalue weighted by Gasteiger charge is -2.12. The van der Waals surface area contributed by atoms with Crippen molar-refractivity contribution >= 4 is 10.9 Å². The molecule has 2 heteroatoms. The van der Waals surface area contributed by atoms with Crippen LogP contribution in [0.4, 0.5) is 4.39 Å². The van der Waals surface area contributed by atoms with Gasteiger partial charge < -0.3 is 0 Å². The normalized spacial score (nSPS) is 11.4. The van der Waals surface area contributed by atoms with E-state index < -0.39 is 0 Å². The molecule has 0 spiro atoms. The van der Waals surface area contributed by atoms with Crippen LogP contribution in [0, 0.1) is 19.7 Å². The van der Waals surface area contributed by atoms with Crippen LogP contribution in [0.1, 0.15) is 36.5 Å². The fraction of sp³-hybridized carbons (Fsp3) is 0.286. The molecule has 0 atom stereocenters. The predicted octanol–water partition coefficient (Wildman–Crippen LogP) is 5.21. The van der Waals surface area contributed by atoms with Crippen molar-refractivity contribution in [3.05, 3.63) is 65.0 Å². The molecule has 3 aromatic rings. The lowest BCUT2D eigenvalue weighted by molar-refractivity contribution is -0.633. The van der Waals surface area contributed by atoms with Gasteiger partial charge in [0, 0.05) is 23.3 Å². The second-order valence-electron chi connectivity index (χ2n) is 6.64. The lowest BCUT2D eigenvalue weighted by atomic mass is 9.95. The van der Waals surface area contributed by atoms with E-state index in [1.165, 1.54) is 16.7 Å². The smallest absolute Gasteiger partial charge is 0.207 e. The van der Waals surface area contributed by atoms with Gasteiger partial charge in [-0.3, -0.25) is 0 Å². The van der Waals surface area contributed by atoms with Gasteiger partial charge in [-0.25, -0.2) is 4.39 Å². The Morgan fingerprint density at radius 1 is 0.957 bits per heavy atom. The van der Waals surface area contributed by atoms with Crippen molar-refractivity contribution in [1.29, 1.82) is 0 Å². The van der Waals surface area contributed by atoms with Crippen LogP contribution < -0.4 is 4.57 Å². The maximum Gasteiger partial charge on any atom is 0.213 e. The topological polar surface area (TPSA) is 3.88 Å². The Morgan fingerprint density at radius 2 is 1.70 bits per heavy atom. The number of aromatic nitrogens is 1. The molecule has 118 valence electrons. The van der Waals surface area contributed by atoms with E-state index in [1.807, 2.05) is 19.9 Å². The largest absolute Gasteiger partial charge is 0.213 e. The first-order valence-corrected chi connectivity index (χ1v) is 8.09. The van der Waals surface area contributed by atoms with Gasteiger partial charge in [0.2, 0.25) is 11.2 Å². The van der Waals surface area contributed by atoms with E-state index in [2.05, 4.69) is 55.8 Å². The minimum Gasteiger partial charge on any atom is -0.207 e. The van der Waals surface area contributed by atoms with Crippen LogP contribution in [0.3, 0.4) is 0 Å². The third kappa shape index (κ3) is 2.63. The average molecular weight is 308 g/mol. The highest BCUT2D eigenvalue weighted by atomic mass is 19.1. The van der Waals surface area contributed by atoms with Crippen LogP contribution in [-0.4, -0.2) is 0 Å². The molecule has 0 aliphatic heterocycles. The van der Waals surface area contributed by atoms with Crippen LogP contribution in [0.15, 0.2) is 42.5 Å². The van der Waals surface area contributed by atoms with E-state index >= 15 is 0 Å². The summed E-state index contributed by atoms with van der Waals surface area (Å²) < 4.78 is 16.4. The molecule has 1 heterocycles. The Kier molecular flexibility index (Phi) is 3.93. The molecule has 1 aromatic heterocycles. The molecule has 0 N–H and O–H groups in total. The highest BCUT2D eigenvalue weighted by Crippen LogP contribution is 2.29. The third-order valence-electron chi connectivity index (χ3n) is 4.59. The monoisotopic (exact) mass is 308 g/mol. The van der Waals surface area contributed by atoms with Crippen LogP contribution in [0.2, 0.25) is 0 Å². The number of hydrogen-bond acceptors (Lipinski definition) is 0. The van der Waals surface area contributed by atoms with Crippen LogP contribution in [0.5, 0.6) is 0 Å². The van der Waals surface area contributed by atoms with Gasteiger partial charge in [-0.1, -0.05) is 31.5 Å². The van der Waals surface area contributed by atoms with E-state index in [9.17, 15) is 4.39 Å². The molecule has 0 saturated heterocycles. The molecule has 0 aliphatic rings. The van der Waals surface area contributed by atoms with Crippen molar-refractivity contribution in [2.24, 2.45) is 7.05 Å². The van der Waals surface area contributed by atoms with Crippen LogP contribution in [0.25, 0.3) is 22.2 Å². The Bertz CT molecular complexity index is 894. The summed E-state index contributed by atoms with van der Waals surface area (Å²) in [6.45, 7) is 8.31. The zero-order valence-electron chi connectivity index (χ0n) is 14.4. The van der Waals surface area contributed by atoms with E-state index in [4.69, 9.17) is 0 Å². The summed E-state index contributed by atoms with van der Waals surface area (Å²) in [5.41, 5.74) is 6.73. The summed E-state index contributed by atoms with van der Waals surface area (Å²) in [5.74, 6) is 0.0391. The maximum absolute atomic E-state index is 14.2. The number of benzene rings is 2. The molecular weight excluding hydrogens is 285 g/mol. The molecule has 3 rings (SSSR count). The lowest BCUT2D eigenvalue weighted by Crippen LogP contribution is -2.32. The number of pyridine rings is 1. The number of nitrogens with zero attached hydrogens (tertiary/aromatic N) is 1. The third-order valence-corrected chi connectivity index (χ3v) is 4.59. The Labute approximate surface area is 137 Å². The fourth-order valence-electron chi connectivity index (χ4n) is 3.34. The summed E-state index contributed by atoms with van der Waals surface area (Å²) >= 11 is 0. The minimum absolute atomic E-state index is 0.119. The molecule has 0 unspecified atom stereocenters. The first-order chi connectivity index (χ1) is 10.9. The molecular formula is C21H23FN+. The Morgan fingerprint density at radius 3 is 2.39 bits per heavy atom. The Hall–Kier alpha value is -2.22.